The molecule has 1 aliphatic heterocycles. The maximum atomic E-state index is 6.43. The molecule has 0 spiro atoms. The van der Waals surface area contributed by atoms with Gasteiger partial charge in [-0.1, -0.05) is 60.7 Å². The minimum atomic E-state index is -0.136. The molecule has 0 bridgehead atoms. The third-order valence-corrected chi connectivity index (χ3v) is 4.95. The Bertz CT molecular complexity index is 1090. The minimum absolute atomic E-state index is 0.136. The summed E-state index contributed by atoms with van der Waals surface area (Å²) in [6, 6.07) is 26.9. The standard InChI is InChI=1S/C23H17NO/c1-15-17-11-5-7-13-19(17)24-22-18-12-6-8-14-20(18)25-23(21(15)22)16-9-3-2-4-10-16/h2-14,23H,1H3/t23-/m1/s1. The van der Waals surface area contributed by atoms with Crippen LogP contribution in [0.15, 0.2) is 78.9 Å². The highest BCUT2D eigenvalue weighted by Crippen LogP contribution is 2.46. The highest BCUT2D eigenvalue weighted by atomic mass is 16.5. The van der Waals surface area contributed by atoms with E-state index in [9.17, 15) is 0 Å². The molecule has 3 aromatic carbocycles. The quantitative estimate of drug-likeness (QED) is 0.449. The summed E-state index contributed by atoms with van der Waals surface area (Å²) in [6.07, 6.45) is -0.136. The third-order valence-electron chi connectivity index (χ3n) is 4.95. The summed E-state index contributed by atoms with van der Waals surface area (Å²) < 4.78 is 6.43. The number of hydrogen-bond donors (Lipinski definition) is 0. The number of rotatable bonds is 1. The summed E-state index contributed by atoms with van der Waals surface area (Å²) in [5.41, 5.74) is 6.69. The molecule has 2 heterocycles. The number of fused-ring (bicyclic) bond motifs is 4. The number of nitrogens with zero attached hydrogens (tertiary/aromatic N) is 1. The van der Waals surface area contributed by atoms with Gasteiger partial charge in [0.2, 0.25) is 0 Å². The smallest absolute Gasteiger partial charge is 0.151 e. The van der Waals surface area contributed by atoms with E-state index in [-0.39, 0.29) is 6.10 Å². The second kappa shape index (κ2) is 5.45. The van der Waals surface area contributed by atoms with E-state index in [1.807, 2.05) is 30.3 Å². The molecule has 2 heteroatoms. The van der Waals surface area contributed by atoms with Gasteiger partial charge in [-0.15, -0.1) is 0 Å². The maximum Gasteiger partial charge on any atom is 0.151 e. The SMILES string of the molecule is Cc1c2c(nc3ccccc13)-c1ccccc1O[C@@H]2c1ccccc1. The van der Waals surface area contributed by atoms with Gasteiger partial charge in [0.05, 0.1) is 11.2 Å². The maximum absolute atomic E-state index is 6.43. The van der Waals surface area contributed by atoms with E-state index in [4.69, 9.17) is 9.72 Å². The second-order valence-electron chi connectivity index (χ2n) is 6.42. The Morgan fingerprint density at radius 3 is 2.40 bits per heavy atom. The van der Waals surface area contributed by atoms with E-state index >= 15 is 0 Å². The first-order chi connectivity index (χ1) is 12.3. The zero-order valence-electron chi connectivity index (χ0n) is 13.9. The molecule has 5 rings (SSSR count). The lowest BCUT2D eigenvalue weighted by atomic mass is 9.88. The summed E-state index contributed by atoms with van der Waals surface area (Å²) in [4.78, 5) is 5.01. The summed E-state index contributed by atoms with van der Waals surface area (Å²) in [5, 5.41) is 1.19. The van der Waals surface area contributed by atoms with Gasteiger partial charge < -0.3 is 4.74 Å². The van der Waals surface area contributed by atoms with E-state index in [0.717, 1.165) is 28.1 Å². The fraction of sp³-hybridized carbons (Fsp3) is 0.0870. The highest BCUT2D eigenvalue weighted by Gasteiger charge is 2.30. The molecule has 25 heavy (non-hydrogen) atoms. The molecule has 1 aromatic heterocycles. The fourth-order valence-corrected chi connectivity index (χ4v) is 3.73. The van der Waals surface area contributed by atoms with E-state index < -0.39 is 0 Å². The number of aryl methyl sites for hydroxylation is 1. The molecule has 0 saturated carbocycles. The van der Waals surface area contributed by atoms with Crippen molar-refractivity contribution in [1.29, 1.82) is 0 Å². The van der Waals surface area contributed by atoms with Crippen LogP contribution < -0.4 is 4.74 Å². The van der Waals surface area contributed by atoms with Crippen molar-refractivity contribution in [2.75, 3.05) is 0 Å². The van der Waals surface area contributed by atoms with Crippen molar-refractivity contribution < 1.29 is 4.74 Å². The molecule has 0 unspecified atom stereocenters. The zero-order valence-corrected chi connectivity index (χ0v) is 13.9. The molecule has 120 valence electrons. The van der Waals surface area contributed by atoms with Gasteiger partial charge in [0.15, 0.2) is 6.10 Å². The molecule has 1 atom stereocenters. The molecule has 0 aliphatic carbocycles. The topological polar surface area (TPSA) is 22.1 Å². The highest BCUT2D eigenvalue weighted by molar-refractivity contribution is 5.89. The van der Waals surface area contributed by atoms with Crippen LogP contribution >= 0.6 is 0 Å². The van der Waals surface area contributed by atoms with E-state index in [0.29, 0.717) is 0 Å². The Morgan fingerprint density at radius 1 is 0.800 bits per heavy atom. The van der Waals surface area contributed by atoms with Crippen molar-refractivity contribution in [2.45, 2.75) is 13.0 Å². The Kier molecular flexibility index (Phi) is 3.10. The van der Waals surface area contributed by atoms with Crippen LogP contribution in [0.5, 0.6) is 5.75 Å². The normalized spacial score (nSPS) is 15.3. The van der Waals surface area contributed by atoms with E-state index in [1.165, 1.54) is 16.5 Å². The predicted octanol–water partition coefficient (Wildman–Crippen LogP) is 5.69. The summed E-state index contributed by atoms with van der Waals surface area (Å²) in [7, 11) is 0. The Hall–Kier alpha value is -3.13. The van der Waals surface area contributed by atoms with Gasteiger partial charge in [-0.05, 0) is 36.2 Å². The lowest BCUT2D eigenvalue weighted by Gasteiger charge is -2.30. The van der Waals surface area contributed by atoms with Gasteiger partial charge in [0.25, 0.3) is 0 Å². The van der Waals surface area contributed by atoms with Crippen LogP contribution in [0.1, 0.15) is 22.8 Å². The van der Waals surface area contributed by atoms with Crippen molar-refractivity contribution in [2.24, 2.45) is 0 Å². The predicted molar refractivity (Wildman–Crippen MR) is 101 cm³/mol. The number of hydrogen-bond acceptors (Lipinski definition) is 2. The first kappa shape index (κ1) is 14.2. The minimum Gasteiger partial charge on any atom is -0.480 e. The van der Waals surface area contributed by atoms with Crippen molar-refractivity contribution >= 4 is 10.9 Å². The van der Waals surface area contributed by atoms with E-state index in [2.05, 4.69) is 55.5 Å². The molecule has 4 aromatic rings. The zero-order chi connectivity index (χ0) is 16.8. The number of aromatic nitrogens is 1. The fourth-order valence-electron chi connectivity index (χ4n) is 3.73. The monoisotopic (exact) mass is 323 g/mol. The Labute approximate surface area is 146 Å². The molecule has 0 amide bonds. The molecule has 2 nitrogen and oxygen atoms in total. The van der Waals surface area contributed by atoms with Gasteiger partial charge in [-0.3, -0.25) is 0 Å². The number of ether oxygens (including phenoxy) is 1. The van der Waals surface area contributed by atoms with Crippen LogP contribution in [-0.4, -0.2) is 4.98 Å². The largest absolute Gasteiger partial charge is 0.480 e. The molecule has 0 N–H and O–H groups in total. The molecule has 1 aliphatic rings. The average molecular weight is 323 g/mol. The van der Waals surface area contributed by atoms with Crippen LogP contribution in [0.3, 0.4) is 0 Å². The van der Waals surface area contributed by atoms with Crippen LogP contribution in [0.4, 0.5) is 0 Å². The third kappa shape index (κ3) is 2.14. The van der Waals surface area contributed by atoms with Crippen LogP contribution in [0.25, 0.3) is 22.2 Å². The molecule has 0 fully saturated rings. The van der Waals surface area contributed by atoms with Crippen molar-refractivity contribution in [3.05, 3.63) is 95.6 Å². The molecular weight excluding hydrogens is 306 g/mol. The van der Waals surface area contributed by atoms with Gasteiger partial charge in [-0.2, -0.15) is 0 Å². The van der Waals surface area contributed by atoms with Gasteiger partial charge >= 0.3 is 0 Å². The summed E-state index contributed by atoms with van der Waals surface area (Å²) in [6.45, 7) is 2.18. The Morgan fingerprint density at radius 2 is 1.52 bits per heavy atom. The number of pyridine rings is 1. The van der Waals surface area contributed by atoms with Crippen molar-refractivity contribution in [1.82, 2.24) is 4.98 Å². The van der Waals surface area contributed by atoms with Crippen molar-refractivity contribution in [3.8, 4) is 17.0 Å². The first-order valence-electron chi connectivity index (χ1n) is 8.53. The van der Waals surface area contributed by atoms with Crippen molar-refractivity contribution in [3.63, 3.8) is 0 Å². The second-order valence-corrected chi connectivity index (χ2v) is 6.42. The summed E-state index contributed by atoms with van der Waals surface area (Å²) in [5.74, 6) is 0.894. The average Bonchev–Trinajstić information content (AvgIpc) is 2.68. The van der Waals surface area contributed by atoms with Gasteiger partial charge in [0, 0.05) is 16.5 Å². The molecule has 0 radical (unpaired) electrons. The number of para-hydroxylation sites is 2. The molecule has 0 saturated heterocycles. The van der Waals surface area contributed by atoms with Crippen LogP contribution in [-0.2, 0) is 0 Å². The molecular formula is C23H17NO. The number of benzene rings is 3. The van der Waals surface area contributed by atoms with Gasteiger partial charge in [-0.25, -0.2) is 4.98 Å². The lowest BCUT2D eigenvalue weighted by molar-refractivity contribution is 0.242. The van der Waals surface area contributed by atoms with Crippen LogP contribution in [0, 0.1) is 6.92 Å². The van der Waals surface area contributed by atoms with Gasteiger partial charge in [0.1, 0.15) is 5.75 Å². The van der Waals surface area contributed by atoms with E-state index in [1.54, 1.807) is 0 Å². The Balaban J connectivity index is 1.87. The summed E-state index contributed by atoms with van der Waals surface area (Å²) >= 11 is 0. The first-order valence-corrected chi connectivity index (χ1v) is 8.53. The lowest BCUT2D eigenvalue weighted by Crippen LogP contribution is -2.18. The van der Waals surface area contributed by atoms with Crippen LogP contribution in [0.2, 0.25) is 0 Å².